The number of methoxy groups -OCH3 is 1. The van der Waals surface area contributed by atoms with Crippen molar-refractivity contribution in [3.8, 4) is 11.5 Å². The maximum Gasteiger partial charge on any atom is 0.248 e. The number of carbonyl (C=O) groups excluding carboxylic acids is 3. The van der Waals surface area contributed by atoms with Crippen molar-refractivity contribution < 1.29 is 43.5 Å². The second kappa shape index (κ2) is 19.1. The van der Waals surface area contributed by atoms with Gasteiger partial charge in [-0.25, -0.2) is 0 Å². The van der Waals surface area contributed by atoms with Crippen LogP contribution >= 0.6 is 22.6 Å². The summed E-state index contributed by atoms with van der Waals surface area (Å²) in [6.45, 7) is 10.8. The number of carbonyl (C=O) groups is 3. The number of hydrogen-bond donors (Lipinski definition) is 3. The molecular formula is C35H53IN2O9. The van der Waals surface area contributed by atoms with Crippen molar-refractivity contribution in [2.45, 2.75) is 97.2 Å². The lowest BCUT2D eigenvalue weighted by Crippen LogP contribution is -2.56. The highest BCUT2D eigenvalue weighted by atomic mass is 127. The maximum absolute atomic E-state index is 14.1. The molecule has 0 aromatic heterocycles. The molecule has 1 fully saturated rings. The average molecular weight is 773 g/mol. The van der Waals surface area contributed by atoms with Crippen LogP contribution in [0.4, 0.5) is 0 Å². The highest BCUT2D eigenvalue weighted by Gasteiger charge is 2.41. The Labute approximate surface area is 292 Å². The van der Waals surface area contributed by atoms with E-state index in [-0.39, 0.29) is 50.8 Å². The predicted molar refractivity (Wildman–Crippen MR) is 187 cm³/mol. The molecule has 0 heterocycles. The normalized spacial score (nSPS) is 24.5. The quantitative estimate of drug-likeness (QED) is 0.121. The Hall–Kier alpha value is -2.26. The third-order valence-electron chi connectivity index (χ3n) is 8.95. The van der Waals surface area contributed by atoms with Crippen LogP contribution in [-0.2, 0) is 19.1 Å². The van der Waals surface area contributed by atoms with E-state index < -0.39 is 24.2 Å². The van der Waals surface area contributed by atoms with Crippen LogP contribution in [0.5, 0.6) is 11.5 Å². The number of aldehydes is 1. The Bertz CT molecular complexity index is 1220. The number of benzene rings is 1. The third kappa shape index (κ3) is 11.1. The maximum atomic E-state index is 14.1. The van der Waals surface area contributed by atoms with Crippen LogP contribution < -0.4 is 14.8 Å². The highest BCUT2D eigenvalue weighted by molar-refractivity contribution is 14.1. The van der Waals surface area contributed by atoms with Crippen molar-refractivity contribution in [2.75, 3.05) is 40.0 Å². The molecular weight excluding hydrogens is 719 g/mol. The van der Waals surface area contributed by atoms with Gasteiger partial charge in [0, 0.05) is 37.3 Å². The number of aliphatic hydroxyl groups is 2. The molecule has 0 radical (unpaired) electrons. The van der Waals surface area contributed by atoms with Crippen LogP contribution in [0.2, 0.25) is 0 Å². The Morgan fingerprint density at radius 1 is 1.19 bits per heavy atom. The van der Waals surface area contributed by atoms with Crippen molar-refractivity contribution in [3.63, 3.8) is 0 Å². The molecule has 3 N–H and O–H groups in total. The molecule has 12 heteroatoms. The first-order valence-electron chi connectivity index (χ1n) is 16.7. The lowest BCUT2D eigenvalue weighted by atomic mass is 9.75. The number of ether oxygens (including phenoxy) is 4. The molecule has 1 aromatic carbocycles. The number of hydrogen-bond acceptors (Lipinski definition) is 9. The summed E-state index contributed by atoms with van der Waals surface area (Å²) < 4.78 is 24.5. The van der Waals surface area contributed by atoms with Crippen LogP contribution in [-0.4, -0.2) is 104 Å². The van der Waals surface area contributed by atoms with Gasteiger partial charge in [0.2, 0.25) is 11.8 Å². The van der Waals surface area contributed by atoms with Gasteiger partial charge in [-0.05, 0) is 91.7 Å². The first-order valence-corrected chi connectivity index (χ1v) is 17.8. The number of halogens is 1. The summed E-state index contributed by atoms with van der Waals surface area (Å²) in [5, 5.41) is 23.9. The average Bonchev–Trinajstić information content (AvgIpc) is 3.03. The van der Waals surface area contributed by atoms with Gasteiger partial charge in [0.15, 0.2) is 11.5 Å². The number of nitrogens with one attached hydrogen (secondary N) is 1. The van der Waals surface area contributed by atoms with E-state index in [0.29, 0.717) is 63.3 Å². The third-order valence-corrected chi connectivity index (χ3v) is 9.75. The van der Waals surface area contributed by atoms with Crippen LogP contribution in [0.25, 0.3) is 0 Å². The molecule has 0 aliphatic heterocycles. The van der Waals surface area contributed by atoms with Gasteiger partial charge in [0.25, 0.3) is 0 Å². The second-order valence-electron chi connectivity index (χ2n) is 13.2. The largest absolute Gasteiger partial charge is 0.493 e. The van der Waals surface area contributed by atoms with E-state index >= 15 is 0 Å². The minimum absolute atomic E-state index is 0.0228. The summed E-state index contributed by atoms with van der Waals surface area (Å²) >= 11 is 2.03. The highest BCUT2D eigenvalue weighted by Crippen LogP contribution is 2.38. The van der Waals surface area contributed by atoms with Gasteiger partial charge >= 0.3 is 0 Å². The van der Waals surface area contributed by atoms with E-state index in [1.807, 2.05) is 36.4 Å². The SMILES string of the molecule is COc1cc(C=O)cc(I)c1O[C@H]1C=C(C(=O)NCCO)C[C@@H](N(CCCOC(C)C)C(=O)CO[C@H]2C[C@@H](C)CC[C@@H]2C(C)C)[C@@H]1O. The number of amides is 2. The van der Waals surface area contributed by atoms with Gasteiger partial charge in [-0.15, -0.1) is 0 Å². The van der Waals surface area contributed by atoms with Crippen molar-refractivity contribution in [1.29, 1.82) is 0 Å². The molecule has 1 saturated carbocycles. The summed E-state index contributed by atoms with van der Waals surface area (Å²) in [5.74, 6) is 1.18. The van der Waals surface area contributed by atoms with E-state index in [4.69, 9.17) is 18.9 Å². The predicted octanol–water partition coefficient (Wildman–Crippen LogP) is 4.15. The van der Waals surface area contributed by atoms with E-state index in [1.54, 1.807) is 17.0 Å². The van der Waals surface area contributed by atoms with Gasteiger partial charge in [0.1, 0.15) is 25.1 Å². The lowest BCUT2D eigenvalue weighted by molar-refractivity contribution is -0.148. The van der Waals surface area contributed by atoms with Gasteiger partial charge in [-0.3, -0.25) is 14.4 Å². The fourth-order valence-corrected chi connectivity index (χ4v) is 7.19. The van der Waals surface area contributed by atoms with Crippen LogP contribution in [0.3, 0.4) is 0 Å². The molecule has 2 amide bonds. The Morgan fingerprint density at radius 3 is 2.57 bits per heavy atom. The van der Waals surface area contributed by atoms with Crippen LogP contribution in [0, 0.1) is 21.3 Å². The smallest absolute Gasteiger partial charge is 0.248 e. The first kappa shape index (κ1) is 39.2. The summed E-state index contributed by atoms with van der Waals surface area (Å²) in [7, 11) is 1.45. The monoisotopic (exact) mass is 772 g/mol. The zero-order chi connectivity index (χ0) is 34.7. The van der Waals surface area contributed by atoms with E-state index in [9.17, 15) is 24.6 Å². The number of rotatable bonds is 17. The molecule has 0 spiro atoms. The lowest BCUT2D eigenvalue weighted by Gasteiger charge is -2.41. The van der Waals surface area contributed by atoms with Gasteiger partial charge < -0.3 is 39.4 Å². The number of aliphatic hydroxyl groups excluding tert-OH is 2. The topological polar surface area (TPSA) is 144 Å². The molecule has 264 valence electrons. The van der Waals surface area contributed by atoms with E-state index in [1.165, 1.54) is 13.2 Å². The molecule has 0 saturated heterocycles. The molecule has 6 atom stereocenters. The van der Waals surface area contributed by atoms with Crippen molar-refractivity contribution in [1.82, 2.24) is 10.2 Å². The van der Waals surface area contributed by atoms with Crippen LogP contribution in [0.1, 0.15) is 77.1 Å². The molecule has 0 unspecified atom stereocenters. The zero-order valence-electron chi connectivity index (χ0n) is 28.6. The summed E-state index contributed by atoms with van der Waals surface area (Å²) in [6.07, 6.45) is 3.66. The molecule has 47 heavy (non-hydrogen) atoms. The van der Waals surface area contributed by atoms with Crippen molar-refractivity contribution in [2.24, 2.45) is 17.8 Å². The second-order valence-corrected chi connectivity index (χ2v) is 14.4. The van der Waals surface area contributed by atoms with Gasteiger partial charge in [0.05, 0.1) is 35.5 Å². The van der Waals surface area contributed by atoms with Crippen molar-refractivity contribution >= 4 is 40.7 Å². The Morgan fingerprint density at radius 2 is 1.94 bits per heavy atom. The molecule has 11 nitrogen and oxygen atoms in total. The Balaban J connectivity index is 1.94. The molecule has 3 rings (SSSR count). The molecule has 2 aliphatic carbocycles. The van der Waals surface area contributed by atoms with Crippen molar-refractivity contribution in [3.05, 3.63) is 32.9 Å². The van der Waals surface area contributed by atoms with Crippen LogP contribution in [0.15, 0.2) is 23.8 Å². The molecule has 1 aromatic rings. The zero-order valence-corrected chi connectivity index (χ0v) is 30.7. The first-order chi connectivity index (χ1) is 22.4. The summed E-state index contributed by atoms with van der Waals surface area (Å²) in [6, 6.07) is 2.35. The standard InChI is InChI=1S/C35H53IN2O9/c1-21(2)26-9-8-23(5)14-29(26)46-20-32(41)38(11-7-13-45-22(3)4)28-17-25(35(43)37-10-12-39)18-30(33(28)42)47-34-27(36)15-24(19-40)16-31(34)44-6/h15-16,18-19,21-23,26,28-30,33,39,42H,7-14,17,20H2,1-6H3,(H,37,43)/t23-,26+,28+,29-,30-,33-/m0/s1. The van der Waals surface area contributed by atoms with Gasteiger partial charge in [-0.1, -0.05) is 27.2 Å². The Kier molecular flexibility index (Phi) is 15.9. The minimum atomic E-state index is -1.22. The minimum Gasteiger partial charge on any atom is -0.493 e. The van der Waals surface area contributed by atoms with E-state index in [0.717, 1.165) is 19.3 Å². The fourth-order valence-electron chi connectivity index (χ4n) is 6.43. The summed E-state index contributed by atoms with van der Waals surface area (Å²) in [4.78, 5) is 40.4. The van der Waals surface area contributed by atoms with E-state index in [2.05, 4.69) is 26.1 Å². The molecule has 2 aliphatic rings. The number of nitrogens with zero attached hydrogens (tertiary/aromatic N) is 1. The van der Waals surface area contributed by atoms with Gasteiger partial charge in [-0.2, -0.15) is 0 Å². The fraction of sp³-hybridized carbons (Fsp3) is 0.686. The molecule has 0 bridgehead atoms. The summed E-state index contributed by atoms with van der Waals surface area (Å²) in [5.41, 5.74) is 0.711.